The summed E-state index contributed by atoms with van der Waals surface area (Å²) < 4.78 is 27.4. The summed E-state index contributed by atoms with van der Waals surface area (Å²) in [5.41, 5.74) is 1.89. The molecular weight excluding hydrogens is 396 g/mol. The van der Waals surface area contributed by atoms with Crippen molar-refractivity contribution in [3.8, 4) is 0 Å². The van der Waals surface area contributed by atoms with Crippen molar-refractivity contribution in [1.29, 1.82) is 0 Å². The average Bonchev–Trinajstić information content (AvgIpc) is 2.69. The SMILES string of the molecule is Cc1ccc(NC(=O)CN(c2ccccc2Cl)S(=O)(=O)c2ccccc2)cc1. The molecule has 0 aromatic heterocycles. The predicted molar refractivity (Wildman–Crippen MR) is 112 cm³/mol. The zero-order valence-corrected chi connectivity index (χ0v) is 16.7. The van der Waals surface area contributed by atoms with E-state index in [2.05, 4.69) is 5.32 Å². The van der Waals surface area contributed by atoms with Gasteiger partial charge in [0.2, 0.25) is 5.91 Å². The third kappa shape index (κ3) is 4.52. The third-order valence-corrected chi connectivity index (χ3v) is 6.17. The summed E-state index contributed by atoms with van der Waals surface area (Å²) in [6.07, 6.45) is 0. The lowest BCUT2D eigenvalue weighted by atomic mass is 10.2. The Labute approximate surface area is 169 Å². The Hall–Kier alpha value is -2.83. The fourth-order valence-electron chi connectivity index (χ4n) is 2.64. The molecule has 0 saturated heterocycles. The number of sulfonamides is 1. The molecule has 0 aliphatic carbocycles. The van der Waals surface area contributed by atoms with Crippen LogP contribution in [0.15, 0.2) is 83.8 Å². The lowest BCUT2D eigenvalue weighted by molar-refractivity contribution is -0.114. The number of carbonyl (C=O) groups is 1. The lowest BCUT2D eigenvalue weighted by Gasteiger charge is -2.25. The van der Waals surface area contributed by atoms with Gasteiger partial charge in [0.1, 0.15) is 6.54 Å². The van der Waals surface area contributed by atoms with E-state index in [0.717, 1.165) is 9.87 Å². The summed E-state index contributed by atoms with van der Waals surface area (Å²) in [7, 11) is -3.98. The molecule has 28 heavy (non-hydrogen) atoms. The van der Waals surface area contributed by atoms with Crippen LogP contribution in [-0.2, 0) is 14.8 Å². The van der Waals surface area contributed by atoms with E-state index in [9.17, 15) is 13.2 Å². The second-order valence-corrected chi connectivity index (χ2v) is 8.46. The smallest absolute Gasteiger partial charge is 0.264 e. The van der Waals surface area contributed by atoms with E-state index >= 15 is 0 Å². The van der Waals surface area contributed by atoms with Crippen LogP contribution >= 0.6 is 11.6 Å². The van der Waals surface area contributed by atoms with Gasteiger partial charge in [0.25, 0.3) is 10.0 Å². The second kappa shape index (κ2) is 8.46. The molecule has 0 aliphatic heterocycles. The highest BCUT2D eigenvalue weighted by molar-refractivity contribution is 7.92. The average molecular weight is 415 g/mol. The summed E-state index contributed by atoms with van der Waals surface area (Å²) in [6, 6.07) is 21.7. The molecule has 3 rings (SSSR count). The zero-order valence-electron chi connectivity index (χ0n) is 15.2. The van der Waals surface area contributed by atoms with Crippen molar-refractivity contribution in [2.24, 2.45) is 0 Å². The molecule has 1 N–H and O–H groups in total. The van der Waals surface area contributed by atoms with Gasteiger partial charge in [-0.25, -0.2) is 8.42 Å². The molecule has 144 valence electrons. The highest BCUT2D eigenvalue weighted by Crippen LogP contribution is 2.30. The maximum atomic E-state index is 13.2. The van der Waals surface area contributed by atoms with E-state index in [1.807, 2.05) is 19.1 Å². The number of rotatable bonds is 6. The first kappa shape index (κ1) is 19.9. The number of anilines is 2. The molecule has 0 saturated carbocycles. The van der Waals surface area contributed by atoms with Crippen molar-refractivity contribution in [2.45, 2.75) is 11.8 Å². The van der Waals surface area contributed by atoms with Crippen molar-refractivity contribution in [2.75, 3.05) is 16.2 Å². The van der Waals surface area contributed by atoms with Crippen LogP contribution in [0.5, 0.6) is 0 Å². The van der Waals surface area contributed by atoms with Gasteiger partial charge in [-0.05, 0) is 43.3 Å². The summed E-state index contributed by atoms with van der Waals surface area (Å²) in [4.78, 5) is 12.7. The number of nitrogens with zero attached hydrogens (tertiary/aromatic N) is 1. The number of carbonyl (C=O) groups excluding carboxylic acids is 1. The molecule has 0 unspecified atom stereocenters. The molecule has 0 bridgehead atoms. The van der Waals surface area contributed by atoms with Gasteiger partial charge in [0.05, 0.1) is 15.6 Å². The fourth-order valence-corrected chi connectivity index (χ4v) is 4.39. The second-order valence-electron chi connectivity index (χ2n) is 6.19. The van der Waals surface area contributed by atoms with E-state index in [4.69, 9.17) is 11.6 Å². The van der Waals surface area contributed by atoms with Gasteiger partial charge >= 0.3 is 0 Å². The highest BCUT2D eigenvalue weighted by Gasteiger charge is 2.28. The van der Waals surface area contributed by atoms with Crippen LogP contribution in [0.4, 0.5) is 11.4 Å². The van der Waals surface area contributed by atoms with Crippen LogP contribution in [-0.4, -0.2) is 20.9 Å². The van der Waals surface area contributed by atoms with Crippen molar-refractivity contribution in [1.82, 2.24) is 0 Å². The van der Waals surface area contributed by atoms with E-state index in [1.165, 1.54) is 12.1 Å². The van der Waals surface area contributed by atoms with Gasteiger partial charge in [0, 0.05) is 5.69 Å². The maximum absolute atomic E-state index is 13.2. The number of benzene rings is 3. The minimum absolute atomic E-state index is 0.0815. The molecule has 0 radical (unpaired) electrons. The topological polar surface area (TPSA) is 66.5 Å². The molecule has 1 amide bonds. The van der Waals surface area contributed by atoms with Gasteiger partial charge in [0.15, 0.2) is 0 Å². The van der Waals surface area contributed by atoms with E-state index in [1.54, 1.807) is 54.6 Å². The summed E-state index contributed by atoms with van der Waals surface area (Å²) in [5.74, 6) is -0.469. The Morgan fingerprint density at radius 3 is 2.18 bits per heavy atom. The zero-order chi connectivity index (χ0) is 20.1. The maximum Gasteiger partial charge on any atom is 0.264 e. The largest absolute Gasteiger partial charge is 0.325 e. The standard InChI is InChI=1S/C21H19ClN2O3S/c1-16-11-13-17(14-12-16)23-21(25)15-24(20-10-6-5-9-19(20)22)28(26,27)18-7-3-2-4-8-18/h2-14H,15H2,1H3,(H,23,25). The van der Waals surface area contributed by atoms with Crippen molar-refractivity contribution >= 4 is 38.9 Å². The van der Waals surface area contributed by atoms with Crippen LogP contribution in [0, 0.1) is 6.92 Å². The van der Waals surface area contributed by atoms with E-state index in [0.29, 0.717) is 5.69 Å². The molecular formula is C21H19ClN2O3S. The first-order valence-corrected chi connectivity index (χ1v) is 10.4. The monoisotopic (exact) mass is 414 g/mol. The van der Waals surface area contributed by atoms with Crippen LogP contribution in [0.1, 0.15) is 5.56 Å². The van der Waals surface area contributed by atoms with Crippen LogP contribution in [0.25, 0.3) is 0 Å². The Morgan fingerprint density at radius 2 is 1.54 bits per heavy atom. The minimum atomic E-state index is -3.98. The summed E-state index contributed by atoms with van der Waals surface area (Å²) in [6.45, 7) is 1.53. The highest BCUT2D eigenvalue weighted by atomic mass is 35.5. The third-order valence-electron chi connectivity index (χ3n) is 4.07. The lowest BCUT2D eigenvalue weighted by Crippen LogP contribution is -2.38. The Morgan fingerprint density at radius 1 is 0.929 bits per heavy atom. The fraction of sp³-hybridized carbons (Fsp3) is 0.0952. The quantitative estimate of drug-likeness (QED) is 0.646. The first-order chi connectivity index (χ1) is 13.4. The number of nitrogens with one attached hydrogen (secondary N) is 1. The van der Waals surface area contributed by atoms with Crippen molar-refractivity contribution in [3.05, 3.63) is 89.4 Å². The number of hydrogen-bond acceptors (Lipinski definition) is 3. The number of aryl methyl sites for hydroxylation is 1. The van der Waals surface area contributed by atoms with Crippen LogP contribution in [0.2, 0.25) is 5.02 Å². The number of hydrogen-bond donors (Lipinski definition) is 1. The molecule has 0 atom stereocenters. The molecule has 5 nitrogen and oxygen atoms in total. The van der Waals surface area contributed by atoms with Crippen molar-refractivity contribution in [3.63, 3.8) is 0 Å². The number of halogens is 1. The minimum Gasteiger partial charge on any atom is -0.325 e. The van der Waals surface area contributed by atoms with Gasteiger partial charge in [-0.15, -0.1) is 0 Å². The summed E-state index contributed by atoms with van der Waals surface area (Å²) in [5, 5.41) is 2.97. The Balaban J connectivity index is 1.94. The van der Waals surface area contributed by atoms with Crippen LogP contribution in [0.3, 0.4) is 0 Å². The van der Waals surface area contributed by atoms with Crippen molar-refractivity contribution < 1.29 is 13.2 Å². The predicted octanol–water partition coefficient (Wildman–Crippen LogP) is 4.48. The molecule has 0 spiro atoms. The van der Waals surface area contributed by atoms with Gasteiger partial charge in [-0.1, -0.05) is 59.6 Å². The van der Waals surface area contributed by atoms with Crippen LogP contribution < -0.4 is 9.62 Å². The molecule has 0 heterocycles. The van der Waals surface area contributed by atoms with Gasteiger partial charge in [-0.2, -0.15) is 0 Å². The number of amides is 1. The van der Waals surface area contributed by atoms with Gasteiger partial charge in [-0.3, -0.25) is 9.10 Å². The Bertz CT molecular complexity index is 1070. The first-order valence-electron chi connectivity index (χ1n) is 8.57. The van der Waals surface area contributed by atoms with E-state index in [-0.39, 0.29) is 15.6 Å². The number of para-hydroxylation sites is 1. The molecule has 3 aromatic carbocycles. The van der Waals surface area contributed by atoms with E-state index < -0.39 is 22.5 Å². The molecule has 0 fully saturated rings. The Kier molecular flexibility index (Phi) is 6.02. The molecule has 3 aromatic rings. The molecule has 7 heteroatoms. The van der Waals surface area contributed by atoms with Gasteiger partial charge < -0.3 is 5.32 Å². The normalized spacial score (nSPS) is 11.1. The summed E-state index contributed by atoms with van der Waals surface area (Å²) >= 11 is 6.24. The molecule has 0 aliphatic rings.